The fraction of sp³-hybridized carbons (Fsp3) is 0.700. The van der Waals surface area contributed by atoms with Crippen LogP contribution < -0.4 is 0 Å². The van der Waals surface area contributed by atoms with Crippen molar-refractivity contribution >= 4 is 22.6 Å². The lowest BCUT2D eigenvalue weighted by Gasteiger charge is -2.22. The largest absolute Gasteiger partial charge is 0.353 e. The number of hydrogen-bond donors (Lipinski definition) is 0. The fourth-order valence-electron chi connectivity index (χ4n) is 1.58. The van der Waals surface area contributed by atoms with E-state index in [2.05, 4.69) is 27.7 Å². The molecule has 1 aromatic heterocycles. The molecule has 84 valence electrons. The van der Waals surface area contributed by atoms with E-state index in [4.69, 9.17) is 9.47 Å². The molecule has 2 heterocycles. The molecular weight excluding hydrogens is 307 g/mol. The molecule has 2 rings (SSSR count). The Balaban J connectivity index is 1.65. The molecule has 1 aromatic rings. The Kier molecular flexibility index (Phi) is 4.40. The van der Waals surface area contributed by atoms with Crippen LogP contribution in [0.3, 0.4) is 0 Å². The number of hydrogen-bond acceptors (Lipinski definition) is 3. The molecule has 1 aliphatic rings. The van der Waals surface area contributed by atoms with Crippen molar-refractivity contribution in [2.45, 2.75) is 32.1 Å². The Labute approximate surface area is 103 Å². The third kappa shape index (κ3) is 3.73. The van der Waals surface area contributed by atoms with Crippen molar-refractivity contribution in [2.24, 2.45) is 0 Å². The molecule has 0 spiro atoms. The standard InChI is InChI=1S/C10H15IN2O2/c11-9-7-12-13(8-9)4-6-15-10-3-1-2-5-14-10/h7-8,10H,1-6H2/t10-/m0/s1. The van der Waals surface area contributed by atoms with Crippen LogP contribution in [-0.4, -0.2) is 29.3 Å². The number of aromatic nitrogens is 2. The van der Waals surface area contributed by atoms with Crippen molar-refractivity contribution in [3.8, 4) is 0 Å². The molecule has 1 saturated heterocycles. The van der Waals surface area contributed by atoms with Crippen molar-refractivity contribution in [1.82, 2.24) is 9.78 Å². The van der Waals surface area contributed by atoms with Gasteiger partial charge in [-0.25, -0.2) is 0 Å². The second kappa shape index (κ2) is 5.81. The highest BCUT2D eigenvalue weighted by Gasteiger charge is 2.13. The maximum Gasteiger partial charge on any atom is 0.157 e. The molecule has 0 bridgehead atoms. The van der Waals surface area contributed by atoms with E-state index in [0.717, 1.165) is 29.6 Å². The van der Waals surface area contributed by atoms with Gasteiger partial charge < -0.3 is 9.47 Å². The zero-order chi connectivity index (χ0) is 10.5. The predicted octanol–water partition coefficient (Wildman–Crippen LogP) is 2.03. The highest BCUT2D eigenvalue weighted by molar-refractivity contribution is 14.1. The summed E-state index contributed by atoms with van der Waals surface area (Å²) in [5.41, 5.74) is 0. The molecule has 4 nitrogen and oxygen atoms in total. The van der Waals surface area contributed by atoms with E-state index < -0.39 is 0 Å². The minimum atomic E-state index is 0.00776. The predicted molar refractivity (Wildman–Crippen MR) is 64.5 cm³/mol. The van der Waals surface area contributed by atoms with Gasteiger partial charge in [-0.1, -0.05) is 0 Å². The Hall–Kier alpha value is -0.140. The second-order valence-corrected chi connectivity index (χ2v) is 4.83. The van der Waals surface area contributed by atoms with Crippen molar-refractivity contribution in [3.63, 3.8) is 0 Å². The van der Waals surface area contributed by atoms with Crippen LogP contribution in [0.15, 0.2) is 12.4 Å². The summed E-state index contributed by atoms with van der Waals surface area (Å²) in [6.45, 7) is 2.30. The minimum Gasteiger partial charge on any atom is -0.353 e. The van der Waals surface area contributed by atoms with Crippen molar-refractivity contribution in [1.29, 1.82) is 0 Å². The van der Waals surface area contributed by atoms with Gasteiger partial charge in [0.15, 0.2) is 6.29 Å². The molecule has 0 amide bonds. The van der Waals surface area contributed by atoms with E-state index in [1.165, 1.54) is 6.42 Å². The highest BCUT2D eigenvalue weighted by Crippen LogP contribution is 2.13. The molecular formula is C10H15IN2O2. The zero-order valence-electron chi connectivity index (χ0n) is 8.56. The molecule has 0 unspecified atom stereocenters. The number of halogens is 1. The minimum absolute atomic E-state index is 0.00776. The summed E-state index contributed by atoms with van der Waals surface area (Å²) in [7, 11) is 0. The third-order valence-corrected chi connectivity index (χ3v) is 2.92. The van der Waals surface area contributed by atoms with E-state index in [0.29, 0.717) is 6.61 Å². The molecule has 0 radical (unpaired) electrons. The molecule has 0 saturated carbocycles. The lowest BCUT2D eigenvalue weighted by Crippen LogP contribution is -2.24. The Morgan fingerprint density at radius 3 is 3.20 bits per heavy atom. The van der Waals surface area contributed by atoms with Gasteiger partial charge in [0.05, 0.1) is 22.9 Å². The van der Waals surface area contributed by atoms with Crippen LogP contribution in [0.5, 0.6) is 0 Å². The summed E-state index contributed by atoms with van der Waals surface area (Å²) in [5.74, 6) is 0. The van der Waals surface area contributed by atoms with Crippen LogP contribution in [0.1, 0.15) is 19.3 Å². The Morgan fingerprint density at radius 2 is 2.53 bits per heavy atom. The smallest absolute Gasteiger partial charge is 0.157 e. The van der Waals surface area contributed by atoms with E-state index in [9.17, 15) is 0 Å². The van der Waals surface area contributed by atoms with Crippen LogP contribution in [0.2, 0.25) is 0 Å². The lowest BCUT2D eigenvalue weighted by atomic mass is 10.2. The molecule has 0 aliphatic carbocycles. The topological polar surface area (TPSA) is 36.3 Å². The summed E-state index contributed by atoms with van der Waals surface area (Å²) in [5, 5.41) is 4.19. The summed E-state index contributed by atoms with van der Waals surface area (Å²) >= 11 is 2.25. The number of rotatable bonds is 4. The van der Waals surface area contributed by atoms with E-state index in [1.54, 1.807) is 0 Å². The highest BCUT2D eigenvalue weighted by atomic mass is 127. The summed E-state index contributed by atoms with van der Waals surface area (Å²) in [4.78, 5) is 0. The third-order valence-electron chi connectivity index (χ3n) is 2.36. The van der Waals surface area contributed by atoms with E-state index in [-0.39, 0.29) is 6.29 Å². The van der Waals surface area contributed by atoms with Gasteiger partial charge in [0, 0.05) is 12.8 Å². The molecule has 1 atom stereocenters. The average Bonchev–Trinajstić information content (AvgIpc) is 2.66. The SMILES string of the molecule is Ic1cnn(CCO[C@H]2CCCCO2)c1. The quantitative estimate of drug-likeness (QED) is 0.796. The van der Waals surface area contributed by atoms with Crippen LogP contribution in [0, 0.1) is 3.57 Å². The van der Waals surface area contributed by atoms with Gasteiger partial charge >= 0.3 is 0 Å². The maximum absolute atomic E-state index is 5.61. The van der Waals surface area contributed by atoms with Gasteiger partial charge in [0.1, 0.15) is 0 Å². The van der Waals surface area contributed by atoms with E-state index >= 15 is 0 Å². The second-order valence-electron chi connectivity index (χ2n) is 3.59. The Bertz CT molecular complexity index is 297. The van der Waals surface area contributed by atoms with E-state index in [1.807, 2.05) is 17.1 Å². The average molecular weight is 322 g/mol. The van der Waals surface area contributed by atoms with Crippen molar-refractivity contribution in [3.05, 3.63) is 16.0 Å². The number of ether oxygens (including phenoxy) is 2. The lowest BCUT2D eigenvalue weighted by molar-refractivity contribution is -0.163. The summed E-state index contributed by atoms with van der Waals surface area (Å²) in [6.07, 6.45) is 7.26. The van der Waals surface area contributed by atoms with Gasteiger partial charge in [-0.05, 0) is 41.9 Å². The normalized spacial score (nSPS) is 21.8. The molecule has 15 heavy (non-hydrogen) atoms. The molecule has 0 N–H and O–H groups in total. The first kappa shape index (κ1) is 11.3. The summed E-state index contributed by atoms with van der Waals surface area (Å²) < 4.78 is 14.1. The molecule has 5 heteroatoms. The van der Waals surface area contributed by atoms with Gasteiger partial charge in [-0.2, -0.15) is 5.10 Å². The monoisotopic (exact) mass is 322 g/mol. The first-order valence-corrected chi connectivity index (χ1v) is 6.33. The number of nitrogens with zero attached hydrogens (tertiary/aromatic N) is 2. The van der Waals surface area contributed by atoms with Gasteiger partial charge in [-0.15, -0.1) is 0 Å². The van der Waals surface area contributed by atoms with Crippen LogP contribution in [0.4, 0.5) is 0 Å². The first-order chi connectivity index (χ1) is 7.34. The fourth-order valence-corrected chi connectivity index (χ4v) is 2.03. The molecule has 0 aromatic carbocycles. The molecule has 1 fully saturated rings. The van der Waals surface area contributed by atoms with Crippen LogP contribution in [0.25, 0.3) is 0 Å². The summed E-state index contributed by atoms with van der Waals surface area (Å²) in [6, 6.07) is 0. The van der Waals surface area contributed by atoms with Crippen molar-refractivity contribution < 1.29 is 9.47 Å². The zero-order valence-corrected chi connectivity index (χ0v) is 10.7. The van der Waals surface area contributed by atoms with Crippen molar-refractivity contribution in [2.75, 3.05) is 13.2 Å². The van der Waals surface area contributed by atoms with Gasteiger partial charge in [-0.3, -0.25) is 4.68 Å². The van der Waals surface area contributed by atoms with Crippen LogP contribution >= 0.6 is 22.6 Å². The maximum atomic E-state index is 5.61. The Morgan fingerprint density at radius 1 is 1.60 bits per heavy atom. The molecule has 1 aliphatic heterocycles. The first-order valence-electron chi connectivity index (χ1n) is 5.26. The van der Waals surface area contributed by atoms with Crippen LogP contribution in [-0.2, 0) is 16.0 Å². The van der Waals surface area contributed by atoms with Gasteiger partial charge in [0.25, 0.3) is 0 Å². The van der Waals surface area contributed by atoms with Gasteiger partial charge in [0.2, 0.25) is 0 Å².